The van der Waals surface area contributed by atoms with Crippen LogP contribution in [0, 0.1) is 32.1 Å². The summed E-state index contributed by atoms with van der Waals surface area (Å²) in [6, 6.07) is 6.06. The van der Waals surface area contributed by atoms with E-state index in [1.807, 2.05) is 46.8 Å². The van der Waals surface area contributed by atoms with Crippen molar-refractivity contribution in [2.24, 2.45) is 0 Å². The van der Waals surface area contributed by atoms with Gasteiger partial charge in [-0.05, 0) is 62.9 Å². The molecule has 1 aromatic carbocycles. The van der Waals surface area contributed by atoms with E-state index >= 15 is 0 Å². The second-order valence-corrected chi connectivity index (χ2v) is 5.09. The van der Waals surface area contributed by atoms with Gasteiger partial charge >= 0.3 is 0 Å². The molecular formula is C16H20N2O. The smallest absolute Gasteiger partial charge is 0.262 e. The van der Waals surface area contributed by atoms with Crippen LogP contribution >= 0.6 is 0 Å². The molecule has 0 spiro atoms. The van der Waals surface area contributed by atoms with Crippen LogP contribution in [0.15, 0.2) is 17.7 Å². The molecule has 0 saturated carbocycles. The van der Waals surface area contributed by atoms with Crippen LogP contribution in [0.4, 0.5) is 0 Å². The van der Waals surface area contributed by atoms with E-state index in [-0.39, 0.29) is 17.5 Å². The highest BCUT2D eigenvalue weighted by molar-refractivity contribution is 6.01. The van der Waals surface area contributed by atoms with Crippen LogP contribution in [-0.4, -0.2) is 11.9 Å². The van der Waals surface area contributed by atoms with Crippen molar-refractivity contribution in [3.63, 3.8) is 0 Å². The molecule has 0 saturated heterocycles. The minimum Gasteiger partial charge on any atom is -0.349 e. The number of nitrogens with zero attached hydrogens (tertiary/aromatic N) is 1. The van der Waals surface area contributed by atoms with Crippen LogP contribution in [0.2, 0.25) is 0 Å². The van der Waals surface area contributed by atoms with E-state index in [2.05, 4.69) is 11.4 Å². The van der Waals surface area contributed by atoms with Crippen molar-refractivity contribution in [3.8, 4) is 6.07 Å². The molecule has 1 rings (SSSR count). The molecule has 3 heteroatoms. The van der Waals surface area contributed by atoms with Gasteiger partial charge < -0.3 is 5.32 Å². The lowest BCUT2D eigenvalue weighted by Gasteiger charge is -2.09. The van der Waals surface area contributed by atoms with Crippen LogP contribution in [-0.2, 0) is 4.79 Å². The Hall–Kier alpha value is -2.08. The Morgan fingerprint density at radius 2 is 1.79 bits per heavy atom. The average molecular weight is 256 g/mol. The summed E-state index contributed by atoms with van der Waals surface area (Å²) >= 11 is 0. The van der Waals surface area contributed by atoms with Gasteiger partial charge in [-0.25, -0.2) is 0 Å². The van der Waals surface area contributed by atoms with Crippen molar-refractivity contribution in [2.75, 3.05) is 0 Å². The fourth-order valence-electron chi connectivity index (χ4n) is 1.78. The van der Waals surface area contributed by atoms with E-state index < -0.39 is 0 Å². The van der Waals surface area contributed by atoms with E-state index in [4.69, 9.17) is 5.26 Å². The molecule has 100 valence electrons. The van der Waals surface area contributed by atoms with Crippen LogP contribution in [0.3, 0.4) is 0 Å². The third kappa shape index (κ3) is 3.96. The maximum absolute atomic E-state index is 11.9. The fraction of sp³-hybridized carbons (Fsp3) is 0.375. The summed E-state index contributed by atoms with van der Waals surface area (Å²) in [7, 11) is 0. The third-order valence-corrected chi connectivity index (χ3v) is 2.97. The minimum absolute atomic E-state index is 0.0186. The molecule has 0 aliphatic heterocycles. The van der Waals surface area contributed by atoms with Gasteiger partial charge in [0.25, 0.3) is 5.91 Å². The van der Waals surface area contributed by atoms with Crippen LogP contribution in [0.25, 0.3) is 6.08 Å². The summed E-state index contributed by atoms with van der Waals surface area (Å²) in [5.41, 5.74) is 4.48. The van der Waals surface area contributed by atoms with E-state index in [1.165, 1.54) is 5.56 Å². The normalized spacial score (nSPS) is 11.3. The first kappa shape index (κ1) is 15.0. The van der Waals surface area contributed by atoms with E-state index in [0.717, 1.165) is 16.7 Å². The van der Waals surface area contributed by atoms with Gasteiger partial charge in [-0.1, -0.05) is 12.1 Å². The Balaban J connectivity index is 3.16. The SMILES string of the molecule is Cc1cc(C)c(C=C(C#N)C(=O)NC(C)C)cc1C. The predicted molar refractivity (Wildman–Crippen MR) is 77.5 cm³/mol. The van der Waals surface area contributed by atoms with Crippen molar-refractivity contribution >= 4 is 12.0 Å². The molecule has 0 unspecified atom stereocenters. The average Bonchev–Trinajstić information content (AvgIpc) is 2.31. The molecule has 0 aliphatic rings. The summed E-state index contributed by atoms with van der Waals surface area (Å²) in [6.07, 6.45) is 1.65. The van der Waals surface area contributed by atoms with Crippen molar-refractivity contribution < 1.29 is 4.79 Å². The van der Waals surface area contributed by atoms with Crippen molar-refractivity contribution in [3.05, 3.63) is 40.0 Å². The fourth-order valence-corrected chi connectivity index (χ4v) is 1.78. The highest BCUT2D eigenvalue weighted by Gasteiger charge is 2.11. The number of rotatable bonds is 3. The number of benzene rings is 1. The Morgan fingerprint density at radius 3 is 2.32 bits per heavy atom. The van der Waals surface area contributed by atoms with E-state index in [0.29, 0.717) is 0 Å². The Morgan fingerprint density at radius 1 is 1.21 bits per heavy atom. The number of nitriles is 1. The highest BCUT2D eigenvalue weighted by atomic mass is 16.1. The first-order valence-corrected chi connectivity index (χ1v) is 6.35. The van der Waals surface area contributed by atoms with Crippen LogP contribution < -0.4 is 5.32 Å². The third-order valence-electron chi connectivity index (χ3n) is 2.97. The molecule has 0 atom stereocenters. The number of amides is 1. The lowest BCUT2D eigenvalue weighted by Crippen LogP contribution is -2.30. The predicted octanol–water partition coefficient (Wildman–Crippen LogP) is 3.04. The number of aryl methyl sites for hydroxylation is 3. The largest absolute Gasteiger partial charge is 0.349 e. The first-order chi connectivity index (χ1) is 8.85. The zero-order valence-corrected chi connectivity index (χ0v) is 12.2. The standard InChI is InChI=1S/C16H20N2O/c1-10(2)18-16(19)15(9-17)8-14-7-12(4)11(3)6-13(14)5/h6-8,10H,1-5H3,(H,18,19). The van der Waals surface area contributed by atoms with Gasteiger partial charge in [0.1, 0.15) is 11.6 Å². The molecule has 1 amide bonds. The highest BCUT2D eigenvalue weighted by Crippen LogP contribution is 2.18. The number of nitrogens with one attached hydrogen (secondary N) is 1. The maximum atomic E-state index is 11.9. The lowest BCUT2D eigenvalue weighted by molar-refractivity contribution is -0.117. The van der Waals surface area contributed by atoms with Gasteiger partial charge in [0, 0.05) is 6.04 Å². The van der Waals surface area contributed by atoms with Crippen molar-refractivity contribution in [1.82, 2.24) is 5.32 Å². The molecule has 0 fully saturated rings. The summed E-state index contributed by atoms with van der Waals surface area (Å²) in [5.74, 6) is -0.324. The zero-order valence-electron chi connectivity index (χ0n) is 12.2. The van der Waals surface area contributed by atoms with Gasteiger partial charge in [-0.15, -0.1) is 0 Å². The number of hydrogen-bond acceptors (Lipinski definition) is 2. The molecule has 1 aromatic rings. The van der Waals surface area contributed by atoms with Crippen molar-refractivity contribution in [1.29, 1.82) is 5.26 Å². The molecule has 0 aliphatic carbocycles. The van der Waals surface area contributed by atoms with E-state index in [1.54, 1.807) is 6.08 Å². The quantitative estimate of drug-likeness (QED) is 0.667. The Bertz CT molecular complexity index is 563. The lowest BCUT2D eigenvalue weighted by atomic mass is 9.99. The monoisotopic (exact) mass is 256 g/mol. The summed E-state index contributed by atoms with van der Waals surface area (Å²) in [6.45, 7) is 9.79. The molecule has 1 N–H and O–H groups in total. The maximum Gasteiger partial charge on any atom is 0.262 e. The first-order valence-electron chi connectivity index (χ1n) is 6.35. The topological polar surface area (TPSA) is 52.9 Å². The molecule has 0 heterocycles. The zero-order chi connectivity index (χ0) is 14.6. The van der Waals surface area contributed by atoms with Crippen LogP contribution in [0.5, 0.6) is 0 Å². The minimum atomic E-state index is -0.324. The summed E-state index contributed by atoms with van der Waals surface area (Å²) in [5, 5.41) is 11.8. The van der Waals surface area contributed by atoms with Gasteiger partial charge in [-0.2, -0.15) is 5.26 Å². The molecule has 0 aromatic heterocycles. The van der Waals surface area contributed by atoms with Gasteiger partial charge in [0.15, 0.2) is 0 Å². The molecule has 19 heavy (non-hydrogen) atoms. The Labute approximate surface area is 114 Å². The number of hydrogen-bond donors (Lipinski definition) is 1. The van der Waals surface area contributed by atoms with E-state index in [9.17, 15) is 4.79 Å². The van der Waals surface area contributed by atoms with Crippen molar-refractivity contribution in [2.45, 2.75) is 40.7 Å². The number of carbonyl (C=O) groups excluding carboxylic acids is 1. The van der Waals surface area contributed by atoms with Gasteiger partial charge in [0.05, 0.1) is 0 Å². The molecule has 0 bridgehead atoms. The Kier molecular flexibility index (Phi) is 4.88. The molecule has 0 radical (unpaired) electrons. The molecule has 3 nitrogen and oxygen atoms in total. The second kappa shape index (κ2) is 6.19. The molecular weight excluding hydrogens is 236 g/mol. The second-order valence-electron chi connectivity index (χ2n) is 5.09. The van der Waals surface area contributed by atoms with Crippen LogP contribution in [0.1, 0.15) is 36.1 Å². The summed E-state index contributed by atoms with van der Waals surface area (Å²) < 4.78 is 0. The van der Waals surface area contributed by atoms with Gasteiger partial charge in [0.2, 0.25) is 0 Å². The number of carbonyl (C=O) groups is 1. The van der Waals surface area contributed by atoms with Gasteiger partial charge in [-0.3, -0.25) is 4.79 Å². The summed E-state index contributed by atoms with van der Waals surface area (Å²) in [4.78, 5) is 11.9.